The molecular weight excluding hydrogens is 241 g/mol. The SMILES string of the molecule is CC(C)N1C2CCC1c1c(Cl)cccc12.Cl. The molecule has 1 aromatic carbocycles. The van der Waals surface area contributed by atoms with E-state index in [-0.39, 0.29) is 12.4 Å². The van der Waals surface area contributed by atoms with Gasteiger partial charge in [-0.15, -0.1) is 12.4 Å². The van der Waals surface area contributed by atoms with E-state index in [2.05, 4.69) is 30.9 Å². The van der Waals surface area contributed by atoms with Gasteiger partial charge in [-0.05, 0) is 43.9 Å². The van der Waals surface area contributed by atoms with Crippen LogP contribution in [0.25, 0.3) is 0 Å². The Bertz CT molecular complexity index is 403. The van der Waals surface area contributed by atoms with Gasteiger partial charge in [-0.25, -0.2) is 0 Å². The van der Waals surface area contributed by atoms with Crippen molar-refractivity contribution >= 4 is 24.0 Å². The van der Waals surface area contributed by atoms with Crippen molar-refractivity contribution < 1.29 is 0 Å². The summed E-state index contributed by atoms with van der Waals surface area (Å²) in [5.41, 5.74) is 2.89. The summed E-state index contributed by atoms with van der Waals surface area (Å²) in [5, 5.41) is 0.963. The van der Waals surface area contributed by atoms with Gasteiger partial charge in [-0.3, -0.25) is 4.90 Å². The molecule has 1 saturated heterocycles. The van der Waals surface area contributed by atoms with Crippen molar-refractivity contribution in [3.05, 3.63) is 34.3 Å². The fourth-order valence-electron chi connectivity index (χ4n) is 3.36. The van der Waals surface area contributed by atoms with Crippen LogP contribution in [0, 0.1) is 0 Å². The smallest absolute Gasteiger partial charge is 0.0457 e. The van der Waals surface area contributed by atoms with E-state index in [1.165, 1.54) is 24.0 Å². The molecule has 16 heavy (non-hydrogen) atoms. The lowest BCUT2D eigenvalue weighted by Gasteiger charge is -2.26. The molecule has 0 spiro atoms. The van der Waals surface area contributed by atoms with Crippen LogP contribution in [-0.4, -0.2) is 10.9 Å². The first-order chi connectivity index (χ1) is 7.20. The molecule has 0 N–H and O–H groups in total. The van der Waals surface area contributed by atoms with Crippen LogP contribution in [0.4, 0.5) is 0 Å². The zero-order valence-corrected chi connectivity index (χ0v) is 11.2. The highest BCUT2D eigenvalue weighted by atomic mass is 35.5. The minimum atomic E-state index is 0. The molecule has 1 fully saturated rings. The second-order valence-corrected chi connectivity index (χ2v) is 5.30. The Kier molecular flexibility index (Phi) is 3.22. The first-order valence-corrected chi connectivity index (χ1v) is 6.13. The summed E-state index contributed by atoms with van der Waals surface area (Å²) in [6.07, 6.45) is 2.58. The summed E-state index contributed by atoms with van der Waals surface area (Å²) in [7, 11) is 0. The van der Waals surface area contributed by atoms with Crippen molar-refractivity contribution in [3.8, 4) is 0 Å². The Morgan fingerprint density at radius 1 is 1.25 bits per heavy atom. The molecule has 2 bridgehead atoms. The number of benzene rings is 1. The van der Waals surface area contributed by atoms with E-state index in [0.717, 1.165) is 5.02 Å². The van der Waals surface area contributed by atoms with Crippen molar-refractivity contribution in [2.24, 2.45) is 0 Å². The minimum Gasteiger partial charge on any atom is -0.287 e. The summed E-state index contributed by atoms with van der Waals surface area (Å²) < 4.78 is 0. The van der Waals surface area contributed by atoms with Gasteiger partial charge in [-0.1, -0.05) is 23.7 Å². The standard InChI is InChI=1S/C13H16ClN.ClH/c1-8(2)15-11-6-7-12(15)13-9(11)4-3-5-10(13)14;/h3-5,8,11-12H,6-7H2,1-2H3;1H. The van der Waals surface area contributed by atoms with Gasteiger partial charge in [0, 0.05) is 23.1 Å². The topological polar surface area (TPSA) is 3.24 Å². The molecule has 2 aliphatic heterocycles. The summed E-state index contributed by atoms with van der Waals surface area (Å²) >= 11 is 6.31. The molecule has 0 aromatic heterocycles. The van der Waals surface area contributed by atoms with E-state index >= 15 is 0 Å². The molecular formula is C13H17Cl2N. The zero-order valence-electron chi connectivity index (χ0n) is 9.61. The predicted octanol–water partition coefficient (Wildman–Crippen LogP) is 4.36. The van der Waals surface area contributed by atoms with Crippen LogP contribution in [0.1, 0.15) is 49.9 Å². The van der Waals surface area contributed by atoms with Gasteiger partial charge in [0.25, 0.3) is 0 Å². The maximum Gasteiger partial charge on any atom is 0.0457 e. The van der Waals surface area contributed by atoms with Crippen molar-refractivity contribution in [1.82, 2.24) is 4.90 Å². The number of hydrogen-bond donors (Lipinski definition) is 0. The lowest BCUT2D eigenvalue weighted by molar-refractivity contribution is 0.174. The normalized spacial score (nSPS) is 27.0. The lowest BCUT2D eigenvalue weighted by atomic mass is 9.92. The van der Waals surface area contributed by atoms with Crippen LogP contribution in [0.15, 0.2) is 18.2 Å². The van der Waals surface area contributed by atoms with Crippen molar-refractivity contribution in [1.29, 1.82) is 0 Å². The summed E-state index contributed by atoms with van der Waals surface area (Å²) in [6, 6.07) is 8.19. The third-order valence-corrected chi connectivity index (χ3v) is 4.14. The van der Waals surface area contributed by atoms with Crippen LogP contribution < -0.4 is 0 Å². The molecule has 2 heterocycles. The van der Waals surface area contributed by atoms with Crippen LogP contribution in [0.3, 0.4) is 0 Å². The van der Waals surface area contributed by atoms with E-state index in [0.29, 0.717) is 18.1 Å². The molecule has 1 nitrogen and oxygen atoms in total. The molecule has 2 unspecified atom stereocenters. The molecule has 3 heteroatoms. The largest absolute Gasteiger partial charge is 0.287 e. The van der Waals surface area contributed by atoms with Gasteiger partial charge < -0.3 is 0 Å². The Morgan fingerprint density at radius 3 is 2.56 bits per heavy atom. The molecule has 88 valence electrons. The first kappa shape index (κ1) is 12.2. The summed E-state index contributed by atoms with van der Waals surface area (Å²) in [4.78, 5) is 2.62. The average Bonchev–Trinajstić information content (AvgIpc) is 2.73. The molecule has 2 atom stereocenters. The molecule has 3 rings (SSSR count). The van der Waals surface area contributed by atoms with E-state index in [1.54, 1.807) is 0 Å². The van der Waals surface area contributed by atoms with Crippen LogP contribution >= 0.6 is 24.0 Å². The number of hydrogen-bond acceptors (Lipinski definition) is 1. The Balaban J connectivity index is 0.000000963. The van der Waals surface area contributed by atoms with Crippen molar-refractivity contribution in [3.63, 3.8) is 0 Å². The third-order valence-electron chi connectivity index (χ3n) is 3.81. The van der Waals surface area contributed by atoms with E-state index in [1.807, 2.05) is 6.07 Å². The van der Waals surface area contributed by atoms with E-state index < -0.39 is 0 Å². The number of halogens is 2. The quantitative estimate of drug-likeness (QED) is 0.723. The second-order valence-electron chi connectivity index (χ2n) is 4.89. The van der Waals surface area contributed by atoms with Gasteiger partial charge in [0.1, 0.15) is 0 Å². The van der Waals surface area contributed by atoms with E-state index in [9.17, 15) is 0 Å². The van der Waals surface area contributed by atoms with Gasteiger partial charge in [0.05, 0.1) is 0 Å². The molecule has 0 aliphatic carbocycles. The van der Waals surface area contributed by atoms with Crippen LogP contribution in [0.5, 0.6) is 0 Å². The molecule has 2 aliphatic rings. The van der Waals surface area contributed by atoms with E-state index in [4.69, 9.17) is 11.6 Å². The summed E-state index contributed by atoms with van der Waals surface area (Å²) in [5.74, 6) is 0. The molecule has 0 saturated carbocycles. The lowest BCUT2D eigenvalue weighted by Crippen LogP contribution is -2.27. The minimum absolute atomic E-state index is 0. The van der Waals surface area contributed by atoms with Crippen LogP contribution in [0.2, 0.25) is 5.02 Å². The maximum absolute atomic E-state index is 6.31. The fourth-order valence-corrected chi connectivity index (χ4v) is 3.66. The molecule has 0 amide bonds. The second kappa shape index (κ2) is 4.21. The third kappa shape index (κ3) is 1.49. The van der Waals surface area contributed by atoms with Gasteiger partial charge in [0.2, 0.25) is 0 Å². The number of rotatable bonds is 1. The Morgan fingerprint density at radius 2 is 1.94 bits per heavy atom. The maximum atomic E-state index is 6.31. The Hall–Kier alpha value is -0.240. The molecule has 0 radical (unpaired) electrons. The van der Waals surface area contributed by atoms with Crippen LogP contribution in [-0.2, 0) is 0 Å². The zero-order chi connectivity index (χ0) is 10.6. The van der Waals surface area contributed by atoms with Gasteiger partial charge in [-0.2, -0.15) is 0 Å². The Labute approximate surface area is 108 Å². The fraction of sp³-hybridized carbons (Fsp3) is 0.538. The predicted molar refractivity (Wildman–Crippen MR) is 70.4 cm³/mol. The number of fused-ring (bicyclic) bond motifs is 5. The first-order valence-electron chi connectivity index (χ1n) is 5.76. The highest BCUT2D eigenvalue weighted by Crippen LogP contribution is 2.55. The number of nitrogens with zero attached hydrogens (tertiary/aromatic N) is 1. The summed E-state index contributed by atoms with van der Waals surface area (Å²) in [6.45, 7) is 4.57. The molecule has 1 aromatic rings. The van der Waals surface area contributed by atoms with Crippen molar-refractivity contribution in [2.75, 3.05) is 0 Å². The highest BCUT2D eigenvalue weighted by Gasteiger charge is 2.45. The average molecular weight is 258 g/mol. The monoisotopic (exact) mass is 257 g/mol. The van der Waals surface area contributed by atoms with Gasteiger partial charge in [0.15, 0.2) is 0 Å². The highest BCUT2D eigenvalue weighted by molar-refractivity contribution is 6.31. The van der Waals surface area contributed by atoms with Gasteiger partial charge >= 0.3 is 0 Å². The van der Waals surface area contributed by atoms with Crippen molar-refractivity contribution in [2.45, 2.75) is 44.8 Å².